The average Bonchev–Trinajstić information content (AvgIpc) is 3.44. The van der Waals surface area contributed by atoms with Crippen molar-refractivity contribution in [1.29, 1.82) is 0 Å². The molecule has 0 spiro atoms. The molecule has 2 aromatic heterocycles. The van der Waals surface area contributed by atoms with Crippen LogP contribution in [0.25, 0.3) is 16.7 Å². The maximum atomic E-state index is 6.20. The number of piperazine rings is 1. The number of aromatic nitrogens is 4. The van der Waals surface area contributed by atoms with Crippen molar-refractivity contribution in [3.8, 4) is 17.6 Å². The van der Waals surface area contributed by atoms with Gasteiger partial charge in [0.25, 0.3) is 0 Å². The van der Waals surface area contributed by atoms with Crippen LogP contribution in [0.5, 0.6) is 11.8 Å². The van der Waals surface area contributed by atoms with Gasteiger partial charge in [-0.25, -0.2) is 4.68 Å². The Balaban J connectivity index is 1.54. The van der Waals surface area contributed by atoms with E-state index in [0.29, 0.717) is 18.4 Å². The molecule has 2 aliphatic rings. The molecule has 0 unspecified atom stereocenters. The van der Waals surface area contributed by atoms with Crippen LogP contribution in [0.2, 0.25) is 0 Å². The van der Waals surface area contributed by atoms with Gasteiger partial charge in [0, 0.05) is 50.1 Å². The van der Waals surface area contributed by atoms with Crippen LogP contribution in [0.3, 0.4) is 0 Å². The van der Waals surface area contributed by atoms with Gasteiger partial charge in [0.1, 0.15) is 17.7 Å². The Hall–Kier alpha value is -2.91. The van der Waals surface area contributed by atoms with Crippen molar-refractivity contribution in [2.24, 2.45) is 0 Å². The molecule has 5 rings (SSSR count). The Morgan fingerprint density at radius 3 is 2.73 bits per heavy atom. The lowest BCUT2D eigenvalue weighted by atomic mass is 10.1. The van der Waals surface area contributed by atoms with E-state index in [9.17, 15) is 0 Å². The summed E-state index contributed by atoms with van der Waals surface area (Å²) >= 11 is 0. The molecule has 1 atom stereocenters. The molecular formula is C21H26N6O3. The second-order valence-corrected chi connectivity index (χ2v) is 7.64. The molecule has 0 saturated carbocycles. The van der Waals surface area contributed by atoms with E-state index in [-0.39, 0.29) is 6.10 Å². The molecule has 4 heterocycles. The molecule has 0 aliphatic carbocycles. The van der Waals surface area contributed by atoms with Gasteiger partial charge in [0.05, 0.1) is 32.0 Å². The first-order valence-corrected chi connectivity index (χ1v) is 10.3. The fraction of sp³-hybridized carbons (Fsp3) is 0.476. The minimum Gasteiger partial charge on any atom is -0.488 e. The van der Waals surface area contributed by atoms with E-state index in [1.165, 1.54) is 0 Å². The quantitative estimate of drug-likeness (QED) is 0.680. The summed E-state index contributed by atoms with van der Waals surface area (Å²) in [5.41, 5.74) is 2.01. The first-order chi connectivity index (χ1) is 14.7. The maximum Gasteiger partial charge on any atom is 0.320 e. The Bertz CT molecular complexity index is 1040. The number of hydrogen-bond donors (Lipinski definition) is 1. The smallest absolute Gasteiger partial charge is 0.320 e. The van der Waals surface area contributed by atoms with Gasteiger partial charge < -0.3 is 24.4 Å². The topological polar surface area (TPSA) is 86.6 Å². The molecule has 30 heavy (non-hydrogen) atoms. The fourth-order valence-electron chi connectivity index (χ4n) is 3.92. The number of nitrogens with zero attached hydrogens (tertiary/aromatic N) is 5. The molecule has 158 valence electrons. The third-order valence-electron chi connectivity index (χ3n) is 5.57. The van der Waals surface area contributed by atoms with E-state index in [1.807, 2.05) is 23.0 Å². The summed E-state index contributed by atoms with van der Waals surface area (Å²) in [7, 11) is 1.58. The summed E-state index contributed by atoms with van der Waals surface area (Å²) in [5, 5.41) is 9.00. The molecule has 0 amide bonds. The molecule has 2 saturated heterocycles. The number of nitrogens with one attached hydrogen (secondary N) is 1. The van der Waals surface area contributed by atoms with E-state index in [0.717, 1.165) is 67.2 Å². The highest BCUT2D eigenvalue weighted by atomic mass is 16.5. The lowest BCUT2D eigenvalue weighted by Gasteiger charge is -2.28. The summed E-state index contributed by atoms with van der Waals surface area (Å²) in [4.78, 5) is 11.3. The first-order valence-electron chi connectivity index (χ1n) is 10.3. The summed E-state index contributed by atoms with van der Waals surface area (Å²) in [6.07, 6.45) is 2.86. The minimum absolute atomic E-state index is 0.0935. The van der Waals surface area contributed by atoms with Crippen molar-refractivity contribution in [3.63, 3.8) is 0 Å². The summed E-state index contributed by atoms with van der Waals surface area (Å²) in [5.74, 6) is 2.36. The van der Waals surface area contributed by atoms with Crippen molar-refractivity contribution >= 4 is 16.7 Å². The molecular weight excluding hydrogens is 384 g/mol. The molecule has 2 fully saturated rings. The Kier molecular flexibility index (Phi) is 5.14. The minimum atomic E-state index is 0.0935. The van der Waals surface area contributed by atoms with Crippen LogP contribution < -0.4 is 19.7 Å². The lowest BCUT2D eigenvalue weighted by molar-refractivity contribution is 0.141. The second kappa shape index (κ2) is 8.08. The summed E-state index contributed by atoms with van der Waals surface area (Å²) < 4.78 is 18.9. The normalized spacial score (nSPS) is 19.4. The van der Waals surface area contributed by atoms with E-state index >= 15 is 0 Å². The van der Waals surface area contributed by atoms with Crippen LogP contribution in [-0.4, -0.2) is 72.4 Å². The molecule has 9 heteroatoms. The predicted molar refractivity (Wildman–Crippen MR) is 113 cm³/mol. The first kappa shape index (κ1) is 19.1. The van der Waals surface area contributed by atoms with E-state index in [4.69, 9.17) is 14.2 Å². The van der Waals surface area contributed by atoms with E-state index < -0.39 is 0 Å². The molecule has 9 nitrogen and oxygen atoms in total. The zero-order valence-corrected chi connectivity index (χ0v) is 17.3. The van der Waals surface area contributed by atoms with Gasteiger partial charge in [0.15, 0.2) is 5.82 Å². The Morgan fingerprint density at radius 2 is 1.97 bits per heavy atom. The van der Waals surface area contributed by atoms with Gasteiger partial charge in [-0.2, -0.15) is 15.1 Å². The predicted octanol–water partition coefficient (Wildman–Crippen LogP) is 1.71. The number of ether oxygens (including phenoxy) is 3. The zero-order chi connectivity index (χ0) is 20.5. The van der Waals surface area contributed by atoms with E-state index in [1.54, 1.807) is 7.11 Å². The van der Waals surface area contributed by atoms with Gasteiger partial charge in [-0.15, -0.1) is 0 Å². The van der Waals surface area contributed by atoms with Gasteiger partial charge in [-0.05, 0) is 18.6 Å². The van der Waals surface area contributed by atoms with E-state index in [2.05, 4.69) is 38.3 Å². The van der Waals surface area contributed by atoms with Gasteiger partial charge >= 0.3 is 6.01 Å². The Labute approximate surface area is 175 Å². The lowest BCUT2D eigenvalue weighted by Crippen LogP contribution is -2.44. The highest BCUT2D eigenvalue weighted by Crippen LogP contribution is 2.29. The van der Waals surface area contributed by atoms with Crippen LogP contribution in [0, 0.1) is 6.92 Å². The Morgan fingerprint density at radius 1 is 1.13 bits per heavy atom. The number of benzene rings is 1. The number of hydrogen-bond acceptors (Lipinski definition) is 8. The highest BCUT2D eigenvalue weighted by molar-refractivity contribution is 5.83. The van der Waals surface area contributed by atoms with Gasteiger partial charge in [-0.1, -0.05) is 0 Å². The standard InChI is InChI=1S/C21H26N6O3/c1-14-9-15-12-23-27(17(15)10-18(14)30-16-3-8-29-13-16)20-11-19(24-21(25-20)28-2)26-6-4-22-5-7-26/h9-12,16,22H,3-8,13H2,1-2H3/t16-/m1/s1. The van der Waals surface area contributed by atoms with Crippen molar-refractivity contribution in [2.45, 2.75) is 19.4 Å². The SMILES string of the molecule is COc1nc(N2CCNCC2)cc(-n2ncc3cc(C)c(O[C@@H]4CCOC4)cc32)n1. The number of fused-ring (bicyclic) bond motifs is 1. The number of aryl methyl sites for hydroxylation is 1. The molecule has 1 aromatic carbocycles. The van der Waals surface area contributed by atoms with Crippen molar-refractivity contribution in [2.75, 3.05) is 51.4 Å². The van der Waals surface area contributed by atoms with Gasteiger partial charge in [0.2, 0.25) is 0 Å². The van der Waals surface area contributed by atoms with Crippen LogP contribution in [-0.2, 0) is 4.74 Å². The third-order valence-corrected chi connectivity index (χ3v) is 5.57. The number of anilines is 1. The molecule has 2 aliphatic heterocycles. The van der Waals surface area contributed by atoms with Gasteiger partial charge in [-0.3, -0.25) is 0 Å². The maximum absolute atomic E-state index is 6.20. The van der Waals surface area contributed by atoms with Crippen LogP contribution in [0.1, 0.15) is 12.0 Å². The molecule has 3 aromatic rings. The van der Waals surface area contributed by atoms with Crippen LogP contribution in [0.4, 0.5) is 5.82 Å². The second-order valence-electron chi connectivity index (χ2n) is 7.64. The van der Waals surface area contributed by atoms with Crippen molar-refractivity contribution in [1.82, 2.24) is 25.1 Å². The molecule has 1 N–H and O–H groups in total. The number of rotatable bonds is 5. The highest BCUT2D eigenvalue weighted by Gasteiger charge is 2.20. The summed E-state index contributed by atoms with van der Waals surface area (Å²) in [6.45, 7) is 7.07. The average molecular weight is 410 g/mol. The van der Waals surface area contributed by atoms with Crippen LogP contribution >= 0.6 is 0 Å². The third kappa shape index (κ3) is 3.66. The van der Waals surface area contributed by atoms with Crippen molar-refractivity contribution < 1.29 is 14.2 Å². The zero-order valence-electron chi connectivity index (χ0n) is 17.3. The molecule has 0 bridgehead atoms. The monoisotopic (exact) mass is 410 g/mol. The van der Waals surface area contributed by atoms with Crippen LogP contribution in [0.15, 0.2) is 24.4 Å². The van der Waals surface area contributed by atoms with Crippen molar-refractivity contribution in [3.05, 3.63) is 30.0 Å². The largest absolute Gasteiger partial charge is 0.488 e. The fourth-order valence-corrected chi connectivity index (χ4v) is 3.92. The molecule has 0 radical (unpaired) electrons. The number of methoxy groups -OCH3 is 1. The summed E-state index contributed by atoms with van der Waals surface area (Å²) in [6, 6.07) is 6.43.